The monoisotopic (exact) mass is 717 g/mol. The Labute approximate surface area is 294 Å². The van der Waals surface area contributed by atoms with Gasteiger partial charge in [-0.25, -0.2) is 37.7 Å². The molecule has 3 N–H and O–H groups in total. The fourth-order valence-electron chi connectivity index (χ4n) is 5.97. The summed E-state index contributed by atoms with van der Waals surface area (Å²) < 4.78 is 47.4. The van der Waals surface area contributed by atoms with E-state index in [0.717, 1.165) is 53.9 Å². The molecule has 5 aromatic rings. The van der Waals surface area contributed by atoms with Crippen LogP contribution in [-0.2, 0) is 14.8 Å². The first-order valence-electron chi connectivity index (χ1n) is 16.2. The van der Waals surface area contributed by atoms with Crippen LogP contribution in [0.4, 0.5) is 17.5 Å². The summed E-state index contributed by atoms with van der Waals surface area (Å²) in [4.78, 5) is 24.9. The molecule has 0 atom stereocenters. The lowest BCUT2D eigenvalue weighted by atomic mass is 10.1. The van der Waals surface area contributed by atoms with Crippen LogP contribution in [0, 0.1) is 0 Å². The predicted molar refractivity (Wildman–Crippen MR) is 194 cm³/mol. The summed E-state index contributed by atoms with van der Waals surface area (Å²) >= 11 is 5.73. The number of nitrogens with zero attached hydrogens (tertiary/aromatic N) is 7. The molecule has 0 spiro atoms. The van der Waals surface area contributed by atoms with E-state index >= 15 is 0 Å². The minimum absolute atomic E-state index is 0.00570. The topological polar surface area (TPSA) is 163 Å². The lowest BCUT2D eigenvalue weighted by Crippen LogP contribution is -2.50. The minimum Gasteiger partial charge on any atom is -0.493 e. The van der Waals surface area contributed by atoms with Gasteiger partial charge in [0, 0.05) is 62.1 Å². The molecule has 260 valence electrons. The molecule has 7 rings (SSSR count). The van der Waals surface area contributed by atoms with Crippen molar-refractivity contribution in [2.75, 3.05) is 81.1 Å². The van der Waals surface area contributed by atoms with Gasteiger partial charge in [-0.3, -0.25) is 0 Å². The van der Waals surface area contributed by atoms with Crippen molar-refractivity contribution in [2.45, 2.75) is 11.3 Å². The zero-order chi connectivity index (χ0) is 34.5. The van der Waals surface area contributed by atoms with Crippen LogP contribution in [0.3, 0.4) is 0 Å². The molecule has 0 amide bonds. The molecule has 2 aromatic carbocycles. The smallest absolute Gasteiger partial charge is 0.264 e. The van der Waals surface area contributed by atoms with Gasteiger partial charge in [-0.1, -0.05) is 0 Å². The van der Waals surface area contributed by atoms with Gasteiger partial charge in [0.15, 0.2) is 29.4 Å². The number of sulfonamides is 1. The normalized spacial score (nSPS) is 15.2. The number of fused-ring (bicyclic) bond motifs is 3. The van der Waals surface area contributed by atoms with Crippen molar-refractivity contribution in [2.24, 2.45) is 0 Å². The van der Waals surface area contributed by atoms with E-state index in [1.807, 2.05) is 12.1 Å². The van der Waals surface area contributed by atoms with E-state index in [1.54, 1.807) is 31.6 Å². The van der Waals surface area contributed by atoms with Crippen molar-refractivity contribution in [3.05, 3.63) is 61.2 Å². The fraction of sp³-hybridized carbons (Fsp3) is 0.333. The number of anilines is 3. The van der Waals surface area contributed by atoms with Crippen LogP contribution in [0.5, 0.6) is 11.5 Å². The van der Waals surface area contributed by atoms with Gasteiger partial charge < -0.3 is 34.3 Å². The Kier molecular flexibility index (Phi) is 9.86. The largest absolute Gasteiger partial charge is 0.493 e. The number of nitrogens with one attached hydrogen (secondary N) is 3. The van der Waals surface area contributed by atoms with Crippen LogP contribution in [0.1, 0.15) is 6.42 Å². The third kappa shape index (κ3) is 7.39. The molecule has 0 aliphatic carbocycles. The molecule has 3 aromatic heterocycles. The molecule has 0 radical (unpaired) electrons. The average molecular weight is 718 g/mol. The molecule has 0 unspecified atom stereocenters. The van der Waals surface area contributed by atoms with Crippen LogP contribution in [-0.4, -0.2) is 120 Å². The van der Waals surface area contributed by atoms with Crippen LogP contribution in [0.25, 0.3) is 21.9 Å². The van der Waals surface area contributed by atoms with Crippen LogP contribution >= 0.6 is 12.2 Å². The van der Waals surface area contributed by atoms with Crippen molar-refractivity contribution in [1.82, 2.24) is 29.8 Å². The van der Waals surface area contributed by atoms with Crippen molar-refractivity contribution >= 4 is 73.0 Å². The Hall–Kier alpha value is -5.13. The van der Waals surface area contributed by atoms with E-state index in [9.17, 15) is 8.42 Å². The number of rotatable bonds is 11. The number of H-pyrrole nitrogens is 1. The Morgan fingerprint density at radius 1 is 1.06 bits per heavy atom. The first-order valence-corrected chi connectivity index (χ1v) is 18.1. The second-order valence-corrected chi connectivity index (χ2v) is 13.8. The van der Waals surface area contributed by atoms with Crippen molar-refractivity contribution < 1.29 is 27.2 Å². The van der Waals surface area contributed by atoms with Crippen molar-refractivity contribution in [3.63, 3.8) is 0 Å². The summed E-state index contributed by atoms with van der Waals surface area (Å²) in [7, 11) is -2.19. The van der Waals surface area contributed by atoms with Crippen LogP contribution in [0.2, 0.25) is 0 Å². The number of hydrogen-bond donors (Lipinski definition) is 3. The summed E-state index contributed by atoms with van der Waals surface area (Å²) in [6.07, 6.45) is 7.47. The summed E-state index contributed by atoms with van der Waals surface area (Å²) in [5.41, 5.74) is 2.31. The summed E-state index contributed by atoms with van der Waals surface area (Å²) in [5.74, 6) is 2.17. The lowest BCUT2D eigenvalue weighted by molar-refractivity contribution is -0.534. The molecule has 0 bridgehead atoms. The summed E-state index contributed by atoms with van der Waals surface area (Å²) in [5, 5.41) is 5.67. The molecule has 1 fully saturated rings. The number of aromatic nitrogens is 5. The SMILES string of the molecule is COc1cc2[nH]c3ncnc(N4CCN(C(=S)Nc5ccc(S(=O)(=O)Nc6ncccn6)cc5)CC4)c3c2cc1OCCC[N+]1=CCOCC1. The molecule has 17 heteroatoms. The molecular formula is C33H37N10O5S2+. The predicted octanol–water partition coefficient (Wildman–Crippen LogP) is 3.11. The van der Waals surface area contributed by atoms with Crippen molar-refractivity contribution in [1.29, 1.82) is 0 Å². The van der Waals surface area contributed by atoms with Crippen LogP contribution in [0.15, 0.2) is 66.1 Å². The van der Waals surface area contributed by atoms with E-state index < -0.39 is 10.0 Å². The molecule has 2 aliphatic rings. The van der Waals surface area contributed by atoms with E-state index in [4.69, 9.17) is 31.4 Å². The number of aromatic amines is 1. The Bertz CT molecular complexity index is 2120. The third-order valence-electron chi connectivity index (χ3n) is 8.55. The number of ether oxygens (including phenoxy) is 3. The highest BCUT2D eigenvalue weighted by Gasteiger charge is 2.24. The molecule has 2 aliphatic heterocycles. The quantitative estimate of drug-likeness (QED) is 0.104. The van der Waals surface area contributed by atoms with Crippen LogP contribution < -0.4 is 24.4 Å². The summed E-state index contributed by atoms with van der Waals surface area (Å²) in [6, 6.07) is 11.9. The molecule has 1 saturated heterocycles. The number of benzene rings is 2. The highest BCUT2D eigenvalue weighted by Crippen LogP contribution is 2.38. The summed E-state index contributed by atoms with van der Waals surface area (Å²) in [6.45, 7) is 6.46. The van der Waals surface area contributed by atoms with Gasteiger partial charge in [-0.05, 0) is 48.6 Å². The third-order valence-corrected chi connectivity index (χ3v) is 10.3. The van der Waals surface area contributed by atoms with Crippen molar-refractivity contribution in [3.8, 4) is 11.5 Å². The lowest BCUT2D eigenvalue weighted by Gasteiger charge is -2.37. The Morgan fingerprint density at radius 2 is 1.86 bits per heavy atom. The van der Waals surface area contributed by atoms with Gasteiger partial charge in [0.05, 0.1) is 29.5 Å². The average Bonchev–Trinajstić information content (AvgIpc) is 3.51. The second kappa shape index (κ2) is 14.8. The fourth-order valence-corrected chi connectivity index (χ4v) is 7.23. The number of methoxy groups -OCH3 is 1. The number of thiocarbonyl (C=S) groups is 1. The van der Waals surface area contributed by atoms with Gasteiger partial charge in [-0.2, -0.15) is 0 Å². The Morgan fingerprint density at radius 3 is 2.60 bits per heavy atom. The molecule has 15 nitrogen and oxygen atoms in total. The molecule has 50 heavy (non-hydrogen) atoms. The zero-order valence-corrected chi connectivity index (χ0v) is 29.0. The Balaban J connectivity index is 0.998. The standard InChI is InChI=1S/C33H36N10O5S2/c1-46-27-21-26-25(20-28(27)48-17-3-10-41-15-18-47-19-16-41)29-30(39-26)36-22-37-31(29)42-11-13-43(14-12-42)33(49)38-23-4-6-24(7-5-23)50(44,45)40-32-34-8-2-9-35-32/h2,4-9,15,20-22H,3,10-14,16-19H2,1H3,(H2-,34,35,36,37,38,39,40,49)/p+1. The van der Waals surface area contributed by atoms with E-state index in [2.05, 4.69) is 50.6 Å². The van der Waals surface area contributed by atoms with E-state index in [1.165, 1.54) is 24.5 Å². The number of piperazine rings is 1. The maximum Gasteiger partial charge on any atom is 0.264 e. The first kappa shape index (κ1) is 33.4. The molecule has 0 saturated carbocycles. The molecule has 5 heterocycles. The highest BCUT2D eigenvalue weighted by molar-refractivity contribution is 7.92. The number of hydrogen-bond acceptors (Lipinski definition) is 11. The minimum atomic E-state index is -3.84. The maximum atomic E-state index is 12.7. The van der Waals surface area contributed by atoms with Gasteiger partial charge >= 0.3 is 0 Å². The molecular weight excluding hydrogens is 681 g/mol. The van der Waals surface area contributed by atoms with Gasteiger partial charge in [0.25, 0.3) is 10.0 Å². The second-order valence-electron chi connectivity index (χ2n) is 11.7. The van der Waals surface area contributed by atoms with Gasteiger partial charge in [-0.15, -0.1) is 0 Å². The highest BCUT2D eigenvalue weighted by atomic mass is 32.2. The zero-order valence-electron chi connectivity index (χ0n) is 27.4. The van der Waals surface area contributed by atoms with E-state index in [-0.39, 0.29) is 10.8 Å². The first-order chi connectivity index (χ1) is 24.4. The maximum absolute atomic E-state index is 12.7. The van der Waals surface area contributed by atoms with E-state index in [0.29, 0.717) is 61.7 Å². The van der Waals surface area contributed by atoms with Gasteiger partial charge in [0.2, 0.25) is 5.95 Å². The van der Waals surface area contributed by atoms with Gasteiger partial charge in [0.1, 0.15) is 37.6 Å².